The number of nitrogens with one attached hydrogen (secondary N) is 1. The van der Waals surface area contributed by atoms with Crippen molar-refractivity contribution in [3.8, 4) is 0 Å². The molecule has 0 saturated heterocycles. The highest BCUT2D eigenvalue weighted by Gasteiger charge is 2.07. The van der Waals surface area contributed by atoms with Crippen LogP contribution in [0.5, 0.6) is 0 Å². The Morgan fingerprint density at radius 2 is 1.93 bits per heavy atom. The summed E-state index contributed by atoms with van der Waals surface area (Å²) in [6.45, 7) is 4.34. The quantitative estimate of drug-likeness (QED) is 0.728. The van der Waals surface area contributed by atoms with Crippen LogP contribution < -0.4 is 5.32 Å². The second-order valence-corrected chi connectivity index (χ2v) is 3.75. The summed E-state index contributed by atoms with van der Waals surface area (Å²) >= 11 is 0. The van der Waals surface area contributed by atoms with Crippen LogP contribution in [0.3, 0.4) is 0 Å². The normalized spacial score (nSPS) is 10.9. The molecule has 0 aliphatic heterocycles. The Labute approximate surface area is 84.5 Å². The van der Waals surface area contributed by atoms with E-state index in [0.717, 1.165) is 0 Å². The fourth-order valence-corrected chi connectivity index (χ4v) is 1.91. The predicted octanol–water partition coefficient (Wildman–Crippen LogP) is 2.84. The van der Waals surface area contributed by atoms with Crippen molar-refractivity contribution in [2.75, 3.05) is 12.4 Å². The van der Waals surface area contributed by atoms with Gasteiger partial charge in [-0.2, -0.15) is 0 Å². The monoisotopic (exact) mass is 188 g/mol. The second kappa shape index (κ2) is 3.05. The molecule has 1 N–H and O–H groups in total. The predicted molar refractivity (Wildman–Crippen MR) is 61.9 cm³/mol. The fraction of sp³-hybridized carbons (Fsp3) is 0.333. The van der Waals surface area contributed by atoms with Gasteiger partial charge in [0.15, 0.2) is 0 Å². The number of fused-ring (bicyclic) bond motifs is 1. The number of anilines is 1. The maximum Gasteiger partial charge on any atom is 0.0484 e. The second-order valence-electron chi connectivity index (χ2n) is 3.75. The fourth-order valence-electron chi connectivity index (χ4n) is 1.91. The van der Waals surface area contributed by atoms with E-state index < -0.39 is 0 Å². The molecule has 1 aromatic carbocycles. The summed E-state index contributed by atoms with van der Waals surface area (Å²) in [5, 5.41) is 4.51. The smallest absolute Gasteiger partial charge is 0.0484 e. The van der Waals surface area contributed by atoms with Crippen LogP contribution in [0.1, 0.15) is 11.3 Å². The molecule has 2 aromatic rings. The van der Waals surface area contributed by atoms with Gasteiger partial charge < -0.3 is 9.88 Å². The number of nitrogens with zero attached hydrogens (tertiary/aromatic N) is 1. The van der Waals surface area contributed by atoms with Crippen LogP contribution in [0.25, 0.3) is 10.9 Å². The van der Waals surface area contributed by atoms with E-state index in [0.29, 0.717) is 0 Å². The Balaban J connectivity index is 2.82. The lowest BCUT2D eigenvalue weighted by Gasteiger charge is -2.01. The van der Waals surface area contributed by atoms with Crippen LogP contribution in [-0.4, -0.2) is 11.6 Å². The van der Waals surface area contributed by atoms with Crippen molar-refractivity contribution in [3.05, 3.63) is 29.5 Å². The first-order chi connectivity index (χ1) is 6.65. The molecule has 0 bridgehead atoms. The highest BCUT2D eigenvalue weighted by atomic mass is 14.9. The summed E-state index contributed by atoms with van der Waals surface area (Å²) in [7, 11) is 4.07. The molecule has 1 aromatic heterocycles. The molecule has 0 unspecified atom stereocenters. The zero-order valence-corrected chi connectivity index (χ0v) is 9.18. The first-order valence-electron chi connectivity index (χ1n) is 4.88. The minimum absolute atomic E-state index is 1.17. The highest BCUT2D eigenvalue weighted by molar-refractivity contribution is 5.88. The third-order valence-corrected chi connectivity index (χ3v) is 3.10. The number of benzene rings is 1. The van der Waals surface area contributed by atoms with E-state index in [4.69, 9.17) is 0 Å². The van der Waals surface area contributed by atoms with Gasteiger partial charge in [0, 0.05) is 36.4 Å². The van der Waals surface area contributed by atoms with Gasteiger partial charge >= 0.3 is 0 Å². The van der Waals surface area contributed by atoms with Crippen molar-refractivity contribution in [2.45, 2.75) is 13.8 Å². The Kier molecular flexibility index (Phi) is 1.99. The molecule has 2 rings (SSSR count). The van der Waals surface area contributed by atoms with Crippen LogP contribution in [0.4, 0.5) is 5.69 Å². The Morgan fingerprint density at radius 3 is 2.57 bits per heavy atom. The summed E-state index contributed by atoms with van der Waals surface area (Å²) in [4.78, 5) is 0. The number of rotatable bonds is 1. The molecule has 2 heteroatoms. The lowest BCUT2D eigenvalue weighted by molar-refractivity contribution is 0.910. The third kappa shape index (κ3) is 1.10. The van der Waals surface area contributed by atoms with E-state index in [1.807, 2.05) is 7.05 Å². The molecular weight excluding hydrogens is 172 g/mol. The molecule has 2 nitrogen and oxygen atoms in total. The maximum atomic E-state index is 3.17. The van der Waals surface area contributed by atoms with E-state index in [9.17, 15) is 0 Å². The average Bonchev–Trinajstić information content (AvgIpc) is 2.44. The molecule has 0 saturated carbocycles. The summed E-state index contributed by atoms with van der Waals surface area (Å²) in [5.41, 5.74) is 5.19. The van der Waals surface area contributed by atoms with Crippen molar-refractivity contribution < 1.29 is 0 Å². The van der Waals surface area contributed by atoms with Crippen LogP contribution >= 0.6 is 0 Å². The van der Waals surface area contributed by atoms with Gasteiger partial charge in [-0.15, -0.1) is 0 Å². The number of aromatic nitrogens is 1. The molecule has 1 heterocycles. The number of hydrogen-bond donors (Lipinski definition) is 1. The van der Waals surface area contributed by atoms with Gasteiger partial charge in [-0.25, -0.2) is 0 Å². The van der Waals surface area contributed by atoms with E-state index in [2.05, 4.69) is 49.0 Å². The summed E-state index contributed by atoms with van der Waals surface area (Å²) < 4.78 is 2.24. The minimum Gasteiger partial charge on any atom is -0.388 e. The molecule has 0 amide bonds. The SMILES string of the molecule is CNc1ccc2c(c1)c(C)c(C)n2C. The minimum atomic E-state index is 1.17. The molecule has 0 aliphatic rings. The summed E-state index contributed by atoms with van der Waals surface area (Å²) in [6, 6.07) is 6.49. The van der Waals surface area contributed by atoms with E-state index in [-0.39, 0.29) is 0 Å². The first-order valence-corrected chi connectivity index (χ1v) is 4.88. The molecule has 0 radical (unpaired) electrons. The van der Waals surface area contributed by atoms with E-state index in [1.165, 1.54) is 27.8 Å². The average molecular weight is 188 g/mol. The first kappa shape index (κ1) is 9.13. The van der Waals surface area contributed by atoms with Gasteiger partial charge in [0.05, 0.1) is 0 Å². The van der Waals surface area contributed by atoms with Crippen molar-refractivity contribution in [1.82, 2.24) is 4.57 Å². The van der Waals surface area contributed by atoms with E-state index >= 15 is 0 Å². The molecule has 0 atom stereocenters. The number of hydrogen-bond acceptors (Lipinski definition) is 1. The van der Waals surface area contributed by atoms with Crippen LogP contribution in [0.2, 0.25) is 0 Å². The molecule has 74 valence electrons. The Morgan fingerprint density at radius 1 is 1.21 bits per heavy atom. The largest absolute Gasteiger partial charge is 0.388 e. The van der Waals surface area contributed by atoms with E-state index in [1.54, 1.807) is 0 Å². The lowest BCUT2D eigenvalue weighted by atomic mass is 10.1. The van der Waals surface area contributed by atoms with Crippen molar-refractivity contribution in [1.29, 1.82) is 0 Å². The van der Waals surface area contributed by atoms with Gasteiger partial charge in [0.1, 0.15) is 0 Å². The lowest BCUT2D eigenvalue weighted by Crippen LogP contribution is -1.90. The topological polar surface area (TPSA) is 17.0 Å². The third-order valence-electron chi connectivity index (χ3n) is 3.10. The standard InChI is InChI=1S/C12H16N2/c1-8-9(2)14(4)12-6-5-10(13-3)7-11(8)12/h5-7,13H,1-4H3. The Hall–Kier alpha value is -1.44. The zero-order valence-electron chi connectivity index (χ0n) is 9.18. The van der Waals surface area contributed by atoms with Crippen molar-refractivity contribution in [2.24, 2.45) is 7.05 Å². The zero-order chi connectivity index (χ0) is 10.3. The van der Waals surface area contributed by atoms with Gasteiger partial charge in [-0.1, -0.05) is 0 Å². The van der Waals surface area contributed by atoms with Crippen molar-refractivity contribution in [3.63, 3.8) is 0 Å². The molecule has 0 fully saturated rings. The molecule has 14 heavy (non-hydrogen) atoms. The van der Waals surface area contributed by atoms with Crippen LogP contribution in [0.15, 0.2) is 18.2 Å². The number of aryl methyl sites for hydroxylation is 2. The van der Waals surface area contributed by atoms with Crippen LogP contribution in [0, 0.1) is 13.8 Å². The maximum absolute atomic E-state index is 3.17. The molecular formula is C12H16N2. The Bertz CT molecular complexity index is 481. The molecule has 0 aliphatic carbocycles. The van der Waals surface area contributed by atoms with Gasteiger partial charge in [-0.3, -0.25) is 0 Å². The summed E-state index contributed by atoms with van der Waals surface area (Å²) in [5.74, 6) is 0. The van der Waals surface area contributed by atoms with Crippen LogP contribution in [-0.2, 0) is 7.05 Å². The highest BCUT2D eigenvalue weighted by Crippen LogP contribution is 2.26. The van der Waals surface area contributed by atoms with Gasteiger partial charge in [-0.05, 0) is 37.6 Å². The van der Waals surface area contributed by atoms with Crippen molar-refractivity contribution >= 4 is 16.6 Å². The van der Waals surface area contributed by atoms with Gasteiger partial charge in [0.25, 0.3) is 0 Å². The molecule has 0 spiro atoms. The summed E-state index contributed by atoms with van der Waals surface area (Å²) in [6.07, 6.45) is 0. The van der Waals surface area contributed by atoms with Gasteiger partial charge in [0.2, 0.25) is 0 Å².